The first kappa shape index (κ1) is 22.1. The van der Waals surface area contributed by atoms with Gasteiger partial charge < -0.3 is 15.4 Å². The third-order valence-corrected chi connectivity index (χ3v) is 4.38. The number of nitrogens with one attached hydrogen (secondary N) is 2. The smallest absolute Gasteiger partial charge is 0.329 e. The number of carbonyl (C=O) groups excluding carboxylic acids is 3. The lowest BCUT2D eigenvalue weighted by Crippen LogP contribution is -2.45. The van der Waals surface area contributed by atoms with Crippen molar-refractivity contribution < 1.29 is 19.1 Å². The number of hydrogen-bond acceptors (Lipinski definition) is 5. The topological polar surface area (TPSA) is 84.5 Å². The zero-order chi connectivity index (χ0) is 19.5. The largest absolute Gasteiger partial charge is 0.451 e. The number of rotatable bonds is 10. The summed E-state index contributed by atoms with van der Waals surface area (Å²) in [4.78, 5) is 36.6. The molecule has 0 saturated carbocycles. The van der Waals surface area contributed by atoms with E-state index >= 15 is 0 Å². The molecule has 0 fully saturated rings. The van der Waals surface area contributed by atoms with E-state index in [0.29, 0.717) is 17.2 Å². The predicted octanol–water partition coefficient (Wildman–Crippen LogP) is 2.43. The van der Waals surface area contributed by atoms with Gasteiger partial charge in [0.2, 0.25) is 0 Å². The van der Waals surface area contributed by atoms with Crippen molar-refractivity contribution >= 4 is 41.1 Å². The Hall–Kier alpha value is -1.99. The highest BCUT2D eigenvalue weighted by atomic mass is 35.5. The highest BCUT2D eigenvalue weighted by Crippen LogP contribution is 2.15. The van der Waals surface area contributed by atoms with Crippen LogP contribution in [0.2, 0.25) is 5.02 Å². The summed E-state index contributed by atoms with van der Waals surface area (Å²) in [5.41, 5.74) is 0.271. The number of carbonyl (C=O) groups is 3. The molecule has 2 atom stereocenters. The molecule has 1 aromatic rings. The first-order chi connectivity index (χ1) is 12.4. The van der Waals surface area contributed by atoms with Gasteiger partial charge >= 0.3 is 5.97 Å². The lowest BCUT2D eigenvalue weighted by Gasteiger charge is -2.20. The van der Waals surface area contributed by atoms with Crippen LogP contribution in [0.5, 0.6) is 0 Å². The second kappa shape index (κ2) is 11.6. The van der Waals surface area contributed by atoms with Crippen LogP contribution in [0.25, 0.3) is 0 Å². The molecule has 8 heteroatoms. The maximum atomic E-state index is 12.4. The maximum absolute atomic E-state index is 12.4. The van der Waals surface area contributed by atoms with Gasteiger partial charge in [0, 0.05) is 6.54 Å². The molecule has 142 valence electrons. The van der Waals surface area contributed by atoms with Gasteiger partial charge in [-0.15, -0.1) is 6.58 Å². The molecule has 6 nitrogen and oxygen atoms in total. The molecule has 0 saturated heterocycles. The molecule has 1 aromatic carbocycles. The Kier molecular flexibility index (Phi) is 9.83. The van der Waals surface area contributed by atoms with Crippen LogP contribution in [0, 0.1) is 0 Å². The van der Waals surface area contributed by atoms with Crippen molar-refractivity contribution in [2.45, 2.75) is 25.5 Å². The van der Waals surface area contributed by atoms with Gasteiger partial charge in [-0.05, 0) is 37.5 Å². The number of halogens is 1. The second-order valence-corrected chi connectivity index (χ2v) is 6.79. The van der Waals surface area contributed by atoms with E-state index in [1.807, 2.05) is 6.26 Å². The number of esters is 1. The van der Waals surface area contributed by atoms with E-state index < -0.39 is 29.9 Å². The van der Waals surface area contributed by atoms with Crippen LogP contribution in [0.15, 0.2) is 36.9 Å². The van der Waals surface area contributed by atoms with E-state index in [1.54, 1.807) is 24.3 Å². The number of hydrogen-bond donors (Lipinski definition) is 2. The molecule has 1 rings (SSSR count). The van der Waals surface area contributed by atoms with Crippen LogP contribution < -0.4 is 10.6 Å². The highest BCUT2D eigenvalue weighted by Gasteiger charge is 2.26. The zero-order valence-corrected chi connectivity index (χ0v) is 16.4. The number of benzene rings is 1. The molecule has 0 spiro atoms. The fraction of sp³-hybridized carbons (Fsp3) is 0.389. The number of amides is 2. The van der Waals surface area contributed by atoms with Gasteiger partial charge in [-0.3, -0.25) is 9.59 Å². The van der Waals surface area contributed by atoms with Gasteiger partial charge in [-0.1, -0.05) is 29.8 Å². The SMILES string of the molecule is C=CCNC(=O)[C@@H](C)OC(=O)[C@@H](CCSC)NC(=O)c1ccccc1Cl. The lowest BCUT2D eigenvalue weighted by molar-refractivity contribution is -0.156. The summed E-state index contributed by atoms with van der Waals surface area (Å²) in [6.45, 7) is 5.25. The van der Waals surface area contributed by atoms with Crippen molar-refractivity contribution in [3.8, 4) is 0 Å². The van der Waals surface area contributed by atoms with E-state index in [4.69, 9.17) is 16.3 Å². The first-order valence-electron chi connectivity index (χ1n) is 8.04. The first-order valence-corrected chi connectivity index (χ1v) is 9.81. The van der Waals surface area contributed by atoms with Crippen molar-refractivity contribution in [1.29, 1.82) is 0 Å². The molecule has 0 bridgehead atoms. The van der Waals surface area contributed by atoms with Crippen LogP contribution in [0.3, 0.4) is 0 Å². The van der Waals surface area contributed by atoms with Crippen LogP contribution in [0.4, 0.5) is 0 Å². The summed E-state index contributed by atoms with van der Waals surface area (Å²) in [5.74, 6) is -0.929. The molecule has 2 amide bonds. The maximum Gasteiger partial charge on any atom is 0.329 e. The van der Waals surface area contributed by atoms with Crippen molar-refractivity contribution in [3.05, 3.63) is 47.5 Å². The summed E-state index contributed by atoms with van der Waals surface area (Å²) >= 11 is 7.55. The summed E-state index contributed by atoms with van der Waals surface area (Å²) in [7, 11) is 0. The summed E-state index contributed by atoms with van der Waals surface area (Å²) in [6, 6.07) is 5.68. The van der Waals surface area contributed by atoms with E-state index in [2.05, 4.69) is 17.2 Å². The predicted molar refractivity (Wildman–Crippen MR) is 104 cm³/mol. The lowest BCUT2D eigenvalue weighted by atomic mass is 10.1. The van der Waals surface area contributed by atoms with Gasteiger partial charge in [0.15, 0.2) is 6.10 Å². The van der Waals surface area contributed by atoms with E-state index in [9.17, 15) is 14.4 Å². The molecule has 0 unspecified atom stereocenters. The summed E-state index contributed by atoms with van der Waals surface area (Å²) < 4.78 is 5.19. The quantitative estimate of drug-likeness (QED) is 0.467. The molecule has 0 aliphatic carbocycles. The average Bonchev–Trinajstić information content (AvgIpc) is 2.62. The molecule has 0 aliphatic heterocycles. The van der Waals surface area contributed by atoms with Gasteiger partial charge in [-0.25, -0.2) is 4.79 Å². The van der Waals surface area contributed by atoms with Crippen LogP contribution >= 0.6 is 23.4 Å². The van der Waals surface area contributed by atoms with E-state index in [1.165, 1.54) is 24.8 Å². The number of thioether (sulfide) groups is 1. The Morgan fingerprint density at radius 1 is 1.35 bits per heavy atom. The molecule has 0 radical (unpaired) electrons. The van der Waals surface area contributed by atoms with Gasteiger partial charge in [0.25, 0.3) is 11.8 Å². The van der Waals surface area contributed by atoms with Crippen molar-refractivity contribution in [2.75, 3.05) is 18.6 Å². The minimum Gasteiger partial charge on any atom is -0.451 e. The standard InChI is InChI=1S/C18H23ClN2O4S/c1-4-10-20-16(22)12(2)25-18(24)15(9-11-26-3)21-17(23)13-7-5-6-8-14(13)19/h4-8,12,15H,1,9-11H2,2-3H3,(H,20,22)(H,21,23)/t12-,15-/m1/s1. The summed E-state index contributed by atoms with van der Waals surface area (Å²) in [6.07, 6.45) is 2.81. The fourth-order valence-corrected chi connectivity index (χ4v) is 2.69. The van der Waals surface area contributed by atoms with Crippen LogP contribution in [-0.4, -0.2) is 48.5 Å². The Bertz CT molecular complexity index is 654. The van der Waals surface area contributed by atoms with E-state index in [-0.39, 0.29) is 12.1 Å². The van der Waals surface area contributed by atoms with Crippen LogP contribution in [0.1, 0.15) is 23.7 Å². The summed E-state index contributed by atoms with van der Waals surface area (Å²) in [5, 5.41) is 5.48. The normalized spacial score (nSPS) is 12.6. The Labute approximate surface area is 162 Å². The molecule has 2 N–H and O–H groups in total. The van der Waals surface area contributed by atoms with Crippen molar-refractivity contribution in [1.82, 2.24) is 10.6 Å². The van der Waals surface area contributed by atoms with Crippen molar-refractivity contribution in [3.63, 3.8) is 0 Å². The van der Waals surface area contributed by atoms with E-state index in [0.717, 1.165) is 0 Å². The molecular formula is C18H23ClN2O4S. The Morgan fingerprint density at radius 3 is 2.65 bits per heavy atom. The molecular weight excluding hydrogens is 376 g/mol. The molecule has 0 aromatic heterocycles. The minimum atomic E-state index is -0.976. The average molecular weight is 399 g/mol. The molecule has 26 heavy (non-hydrogen) atoms. The third kappa shape index (κ3) is 7.09. The van der Waals surface area contributed by atoms with Gasteiger partial charge in [0.05, 0.1) is 10.6 Å². The fourth-order valence-electron chi connectivity index (χ4n) is 1.99. The highest BCUT2D eigenvalue weighted by molar-refractivity contribution is 7.98. The zero-order valence-electron chi connectivity index (χ0n) is 14.8. The van der Waals surface area contributed by atoms with Crippen molar-refractivity contribution in [2.24, 2.45) is 0 Å². The molecule has 0 heterocycles. The third-order valence-electron chi connectivity index (χ3n) is 3.40. The Balaban J connectivity index is 2.77. The minimum absolute atomic E-state index is 0.271. The van der Waals surface area contributed by atoms with Gasteiger partial charge in [0.1, 0.15) is 6.04 Å². The second-order valence-electron chi connectivity index (χ2n) is 5.40. The van der Waals surface area contributed by atoms with Gasteiger partial charge in [-0.2, -0.15) is 11.8 Å². The Morgan fingerprint density at radius 2 is 2.04 bits per heavy atom. The van der Waals surface area contributed by atoms with Crippen LogP contribution in [-0.2, 0) is 14.3 Å². The number of ether oxygens (including phenoxy) is 1. The molecule has 0 aliphatic rings. The monoisotopic (exact) mass is 398 g/mol.